The van der Waals surface area contributed by atoms with Gasteiger partial charge in [-0.15, -0.1) is 0 Å². The number of rotatable bonds is 8. The molecule has 0 bridgehead atoms. The van der Waals surface area contributed by atoms with Crippen molar-refractivity contribution in [3.05, 3.63) is 58.9 Å². The lowest BCUT2D eigenvalue weighted by molar-refractivity contribution is -0.118. The average Bonchev–Trinajstić information content (AvgIpc) is 2.72. The molecule has 0 fully saturated rings. The Morgan fingerprint density at radius 1 is 1.26 bits per heavy atom. The zero-order valence-electron chi connectivity index (χ0n) is 17.8. The number of anilines is 1. The van der Waals surface area contributed by atoms with E-state index in [1.54, 1.807) is 39.2 Å². The second-order valence-electron chi connectivity index (χ2n) is 8.18. The maximum Gasteiger partial charge on any atom is 0.261 e. The van der Waals surface area contributed by atoms with E-state index in [4.69, 9.17) is 9.47 Å². The summed E-state index contributed by atoms with van der Waals surface area (Å²) in [6, 6.07) is 9.40. The third-order valence-electron chi connectivity index (χ3n) is 5.34. The van der Waals surface area contributed by atoms with Crippen LogP contribution in [-0.2, 0) is 21.4 Å². The van der Waals surface area contributed by atoms with E-state index in [1.807, 2.05) is 12.1 Å². The summed E-state index contributed by atoms with van der Waals surface area (Å²) in [6.07, 6.45) is -1.79. The van der Waals surface area contributed by atoms with Crippen molar-refractivity contribution >= 4 is 11.6 Å². The van der Waals surface area contributed by atoms with Crippen LogP contribution in [0, 0.1) is 5.82 Å². The van der Waals surface area contributed by atoms with Crippen LogP contribution in [0.4, 0.5) is 18.9 Å². The number of alkyl halides is 2. The van der Waals surface area contributed by atoms with Crippen LogP contribution in [0.5, 0.6) is 5.75 Å². The minimum atomic E-state index is -2.57. The predicted molar refractivity (Wildman–Crippen MR) is 112 cm³/mol. The first-order valence-corrected chi connectivity index (χ1v) is 10.1. The Morgan fingerprint density at radius 2 is 2.03 bits per heavy atom. The molecule has 1 aliphatic rings. The van der Waals surface area contributed by atoms with Crippen molar-refractivity contribution in [3.8, 4) is 5.75 Å². The summed E-state index contributed by atoms with van der Waals surface area (Å²) in [7, 11) is 1.59. The molecule has 2 N–H and O–H groups in total. The number of nitrogens with one attached hydrogen (secondary N) is 2. The van der Waals surface area contributed by atoms with Crippen LogP contribution in [0.25, 0.3) is 0 Å². The summed E-state index contributed by atoms with van der Waals surface area (Å²) < 4.78 is 49.6. The fourth-order valence-corrected chi connectivity index (χ4v) is 3.74. The van der Waals surface area contributed by atoms with Crippen LogP contribution in [0.3, 0.4) is 0 Å². The second-order valence-corrected chi connectivity index (χ2v) is 8.18. The van der Waals surface area contributed by atoms with Gasteiger partial charge >= 0.3 is 0 Å². The molecule has 0 saturated carbocycles. The highest BCUT2D eigenvalue weighted by Crippen LogP contribution is 2.30. The molecule has 1 amide bonds. The van der Waals surface area contributed by atoms with Crippen molar-refractivity contribution in [2.24, 2.45) is 0 Å². The van der Waals surface area contributed by atoms with Crippen LogP contribution in [-0.4, -0.2) is 39.2 Å². The second kappa shape index (κ2) is 9.70. The van der Waals surface area contributed by atoms with Gasteiger partial charge in [0.1, 0.15) is 24.2 Å². The van der Waals surface area contributed by atoms with Gasteiger partial charge in [-0.05, 0) is 47.4 Å². The summed E-state index contributed by atoms with van der Waals surface area (Å²) >= 11 is 0. The molecule has 2 aromatic carbocycles. The minimum absolute atomic E-state index is 0.0494. The quantitative estimate of drug-likeness (QED) is 0.651. The molecule has 5 nitrogen and oxygen atoms in total. The topological polar surface area (TPSA) is 59.6 Å². The molecular formula is C23H27F3N2O3. The van der Waals surface area contributed by atoms with Crippen LogP contribution >= 0.6 is 0 Å². The summed E-state index contributed by atoms with van der Waals surface area (Å²) in [5, 5.41) is 5.95. The number of methoxy groups -OCH3 is 1. The fourth-order valence-electron chi connectivity index (χ4n) is 3.74. The van der Waals surface area contributed by atoms with Crippen molar-refractivity contribution in [2.45, 2.75) is 38.2 Å². The molecule has 0 saturated heterocycles. The summed E-state index contributed by atoms with van der Waals surface area (Å²) in [5.41, 5.74) is 1.74. The van der Waals surface area contributed by atoms with Gasteiger partial charge in [0.05, 0.1) is 13.7 Å². The molecule has 0 unspecified atom stereocenters. The molecule has 2 aromatic rings. The maximum absolute atomic E-state index is 14.8. The van der Waals surface area contributed by atoms with E-state index in [0.717, 1.165) is 23.3 Å². The molecule has 31 heavy (non-hydrogen) atoms. The first kappa shape index (κ1) is 23.1. The Bertz CT molecular complexity index is 934. The van der Waals surface area contributed by atoms with Crippen molar-refractivity contribution in [1.29, 1.82) is 0 Å². The molecule has 1 atom stereocenters. The van der Waals surface area contributed by atoms with Gasteiger partial charge < -0.3 is 20.1 Å². The van der Waals surface area contributed by atoms with Crippen LogP contribution in [0.1, 0.15) is 36.6 Å². The average molecular weight is 436 g/mol. The van der Waals surface area contributed by atoms with Crippen LogP contribution in [0.15, 0.2) is 36.4 Å². The normalized spacial score (nSPS) is 16.2. The van der Waals surface area contributed by atoms with Crippen molar-refractivity contribution in [2.75, 3.05) is 32.2 Å². The van der Waals surface area contributed by atoms with Crippen molar-refractivity contribution < 1.29 is 27.4 Å². The third-order valence-corrected chi connectivity index (χ3v) is 5.34. The number of amides is 1. The number of halogens is 3. The Labute approximate surface area is 179 Å². The van der Waals surface area contributed by atoms with E-state index in [-0.39, 0.29) is 12.5 Å². The highest BCUT2D eigenvalue weighted by Gasteiger charge is 2.28. The molecule has 3 rings (SSSR count). The summed E-state index contributed by atoms with van der Waals surface area (Å²) in [4.78, 5) is 12.9. The monoisotopic (exact) mass is 436 g/mol. The van der Waals surface area contributed by atoms with Crippen molar-refractivity contribution in [3.63, 3.8) is 0 Å². The lowest BCUT2D eigenvalue weighted by atomic mass is 9.85. The largest absolute Gasteiger partial charge is 0.497 e. The van der Waals surface area contributed by atoms with E-state index in [0.29, 0.717) is 17.8 Å². The number of carbonyl (C=O) groups is 1. The number of fused-ring (bicyclic) bond motifs is 1. The number of ether oxygens (including phenoxy) is 2. The number of benzene rings is 2. The molecule has 0 spiro atoms. The van der Waals surface area contributed by atoms with E-state index >= 15 is 0 Å². The predicted octanol–water partition coefficient (Wildman–Crippen LogP) is 4.22. The van der Waals surface area contributed by atoms with Gasteiger partial charge in [-0.25, -0.2) is 13.2 Å². The highest BCUT2D eigenvalue weighted by atomic mass is 19.3. The molecule has 0 radical (unpaired) electrons. The van der Waals surface area contributed by atoms with Gasteiger partial charge in [0.2, 0.25) is 5.91 Å². The summed E-state index contributed by atoms with van der Waals surface area (Å²) in [6.45, 7) is 3.32. The zero-order valence-corrected chi connectivity index (χ0v) is 17.8. The lowest BCUT2D eigenvalue weighted by Gasteiger charge is -2.27. The Hall–Kier alpha value is -2.58. The van der Waals surface area contributed by atoms with E-state index < -0.39 is 30.3 Å². The molecule has 8 heteroatoms. The fraction of sp³-hybridized carbons (Fsp3) is 0.435. The van der Waals surface area contributed by atoms with E-state index in [2.05, 4.69) is 10.6 Å². The number of carbonyl (C=O) groups excluding carboxylic acids is 1. The Morgan fingerprint density at radius 3 is 2.71 bits per heavy atom. The first-order chi connectivity index (χ1) is 14.7. The van der Waals surface area contributed by atoms with Gasteiger partial charge in [-0.3, -0.25) is 4.79 Å². The number of hydrogen-bond acceptors (Lipinski definition) is 4. The molecule has 0 aromatic heterocycles. The Balaban J connectivity index is 1.71. The van der Waals surface area contributed by atoms with Crippen LogP contribution < -0.4 is 15.4 Å². The Kier molecular flexibility index (Phi) is 7.23. The molecule has 1 aliphatic heterocycles. The SMILES string of the molecule is COc1ccc2c(c1)CCN[C@H]2C(=O)Nc1ccc(C(C)(C)COCC(F)F)c(F)c1. The zero-order chi connectivity index (χ0) is 22.6. The lowest BCUT2D eigenvalue weighted by Crippen LogP contribution is -2.38. The van der Waals surface area contributed by atoms with E-state index in [9.17, 15) is 18.0 Å². The van der Waals surface area contributed by atoms with Gasteiger partial charge in [-0.1, -0.05) is 26.0 Å². The van der Waals surface area contributed by atoms with E-state index in [1.165, 1.54) is 6.07 Å². The highest BCUT2D eigenvalue weighted by molar-refractivity contribution is 5.96. The van der Waals surface area contributed by atoms with Gasteiger partial charge in [0.25, 0.3) is 6.43 Å². The van der Waals surface area contributed by atoms with Gasteiger partial charge in [-0.2, -0.15) is 0 Å². The molecule has 0 aliphatic carbocycles. The van der Waals surface area contributed by atoms with Gasteiger partial charge in [0, 0.05) is 17.6 Å². The number of hydrogen-bond donors (Lipinski definition) is 2. The maximum atomic E-state index is 14.8. The van der Waals surface area contributed by atoms with Crippen LogP contribution in [0.2, 0.25) is 0 Å². The smallest absolute Gasteiger partial charge is 0.261 e. The standard InChI is InChI=1S/C23H27F3N2O3/c1-23(2,13-31-12-20(25)26)18-7-4-15(11-19(18)24)28-22(29)21-17-6-5-16(30-3)10-14(17)8-9-27-21/h4-7,10-11,20-21,27H,8-9,12-13H2,1-3H3,(H,28,29)/t21-/m1/s1. The van der Waals surface area contributed by atoms with Crippen molar-refractivity contribution in [1.82, 2.24) is 5.32 Å². The molecule has 1 heterocycles. The molecular weight excluding hydrogens is 409 g/mol. The van der Waals surface area contributed by atoms with Gasteiger partial charge in [0.15, 0.2) is 0 Å². The summed E-state index contributed by atoms with van der Waals surface area (Å²) in [5.74, 6) is -0.0967. The minimum Gasteiger partial charge on any atom is -0.497 e. The molecule has 168 valence electrons. The first-order valence-electron chi connectivity index (χ1n) is 10.1. The third kappa shape index (κ3) is 5.57.